The molecule has 1 aromatic carbocycles. The first-order chi connectivity index (χ1) is 8.63. The second-order valence-electron chi connectivity index (χ2n) is 4.66. The van der Waals surface area contributed by atoms with Crippen molar-refractivity contribution >= 4 is 18.5 Å². The summed E-state index contributed by atoms with van der Waals surface area (Å²) < 4.78 is 5.20. The van der Waals surface area contributed by atoms with Gasteiger partial charge in [-0.3, -0.25) is 4.79 Å². The van der Waals surface area contributed by atoms with Gasteiger partial charge >= 0.3 is 0 Å². The third-order valence-corrected chi connectivity index (χ3v) is 3.84. The Balaban J connectivity index is 2.28. The van der Waals surface area contributed by atoms with Crippen molar-refractivity contribution in [3.63, 3.8) is 0 Å². The molecule has 1 saturated heterocycles. The minimum atomic E-state index is 0.149. The van der Waals surface area contributed by atoms with E-state index in [9.17, 15) is 4.79 Å². The average molecular weight is 265 g/mol. The third kappa shape index (κ3) is 2.64. The van der Waals surface area contributed by atoms with E-state index >= 15 is 0 Å². The van der Waals surface area contributed by atoms with E-state index in [1.807, 2.05) is 23.1 Å². The van der Waals surface area contributed by atoms with Gasteiger partial charge in [0.15, 0.2) is 0 Å². The van der Waals surface area contributed by atoms with Gasteiger partial charge in [-0.2, -0.15) is 0 Å². The molecule has 0 radical (unpaired) electrons. The molecule has 3 nitrogen and oxygen atoms in total. The molecule has 1 aromatic rings. The van der Waals surface area contributed by atoms with E-state index in [2.05, 4.69) is 12.6 Å². The van der Waals surface area contributed by atoms with Crippen LogP contribution in [0.3, 0.4) is 0 Å². The number of rotatable bonds is 2. The molecule has 2 rings (SSSR count). The van der Waals surface area contributed by atoms with Crippen molar-refractivity contribution in [3.05, 3.63) is 23.8 Å². The minimum Gasteiger partial charge on any atom is -0.496 e. The van der Waals surface area contributed by atoms with Crippen LogP contribution < -0.4 is 4.74 Å². The van der Waals surface area contributed by atoms with Gasteiger partial charge in [0.1, 0.15) is 5.75 Å². The molecule has 4 heteroatoms. The summed E-state index contributed by atoms with van der Waals surface area (Å²) in [7, 11) is 1.64. The van der Waals surface area contributed by atoms with Gasteiger partial charge in [-0.05, 0) is 37.0 Å². The maximum absolute atomic E-state index is 11.7. The number of carbonyl (C=O) groups excluding carboxylic acids is 1. The van der Waals surface area contributed by atoms with E-state index in [1.54, 1.807) is 14.0 Å². The maximum Gasteiger partial charge on any atom is 0.219 e. The van der Waals surface area contributed by atoms with Crippen LogP contribution in [0.25, 0.3) is 0 Å². The first-order valence-electron chi connectivity index (χ1n) is 6.27. The van der Waals surface area contributed by atoms with Crippen molar-refractivity contribution in [2.75, 3.05) is 13.7 Å². The predicted octanol–water partition coefficient (Wildman–Crippen LogP) is 3.06. The Bertz CT molecular complexity index is 447. The van der Waals surface area contributed by atoms with E-state index in [0.29, 0.717) is 0 Å². The Labute approximate surface area is 114 Å². The van der Waals surface area contributed by atoms with Gasteiger partial charge in [-0.1, -0.05) is 6.07 Å². The Morgan fingerprint density at radius 1 is 1.44 bits per heavy atom. The molecule has 0 spiro atoms. The highest BCUT2D eigenvalue weighted by Gasteiger charge is 2.26. The molecule has 1 unspecified atom stereocenters. The van der Waals surface area contributed by atoms with Gasteiger partial charge in [0.05, 0.1) is 13.2 Å². The van der Waals surface area contributed by atoms with Gasteiger partial charge in [0, 0.05) is 18.4 Å². The summed E-state index contributed by atoms with van der Waals surface area (Å²) in [6, 6.07) is 6.15. The Kier molecular flexibility index (Phi) is 4.17. The van der Waals surface area contributed by atoms with Crippen molar-refractivity contribution < 1.29 is 9.53 Å². The fourth-order valence-electron chi connectivity index (χ4n) is 2.57. The highest BCUT2D eigenvalue weighted by atomic mass is 32.1. The number of hydrogen-bond acceptors (Lipinski definition) is 3. The topological polar surface area (TPSA) is 29.5 Å². The van der Waals surface area contributed by atoms with Crippen LogP contribution in [0.1, 0.15) is 37.8 Å². The highest BCUT2D eigenvalue weighted by molar-refractivity contribution is 7.80. The summed E-state index contributed by atoms with van der Waals surface area (Å²) in [4.78, 5) is 14.5. The van der Waals surface area contributed by atoms with Crippen molar-refractivity contribution in [2.24, 2.45) is 0 Å². The molecule has 1 aliphatic heterocycles. The maximum atomic E-state index is 11.7. The van der Waals surface area contributed by atoms with Gasteiger partial charge in [0.2, 0.25) is 5.91 Å². The van der Waals surface area contributed by atoms with Crippen molar-refractivity contribution in [1.82, 2.24) is 4.90 Å². The molecular weight excluding hydrogens is 246 g/mol. The minimum absolute atomic E-state index is 0.149. The van der Waals surface area contributed by atoms with Crippen LogP contribution >= 0.6 is 12.6 Å². The molecule has 1 heterocycles. The van der Waals surface area contributed by atoms with E-state index in [4.69, 9.17) is 4.74 Å². The molecule has 0 bridgehead atoms. The number of nitrogens with zero attached hydrogens (tertiary/aromatic N) is 1. The van der Waals surface area contributed by atoms with Crippen LogP contribution in [0, 0.1) is 0 Å². The van der Waals surface area contributed by atoms with Gasteiger partial charge in [-0.25, -0.2) is 0 Å². The lowest BCUT2D eigenvalue weighted by Gasteiger charge is -2.35. The number of likely N-dealkylation sites (tertiary alicyclic amines) is 1. The molecule has 0 aliphatic carbocycles. The van der Waals surface area contributed by atoms with Crippen molar-refractivity contribution in [1.29, 1.82) is 0 Å². The Hall–Kier alpha value is -1.16. The van der Waals surface area contributed by atoms with E-state index in [0.717, 1.165) is 35.6 Å². The van der Waals surface area contributed by atoms with E-state index in [-0.39, 0.29) is 11.9 Å². The molecule has 0 saturated carbocycles. The normalized spacial score (nSPS) is 19.7. The summed E-state index contributed by atoms with van der Waals surface area (Å²) in [6.45, 7) is 2.50. The summed E-state index contributed by atoms with van der Waals surface area (Å²) >= 11 is 4.42. The number of piperidine rings is 1. The summed E-state index contributed by atoms with van der Waals surface area (Å²) in [5, 5.41) is 0. The third-order valence-electron chi connectivity index (χ3n) is 3.49. The zero-order chi connectivity index (χ0) is 13.1. The molecule has 98 valence electrons. The fourth-order valence-corrected chi connectivity index (χ4v) is 2.88. The van der Waals surface area contributed by atoms with Crippen LogP contribution in [-0.2, 0) is 4.79 Å². The number of ether oxygens (including phenoxy) is 1. The number of amides is 1. The Morgan fingerprint density at radius 2 is 2.22 bits per heavy atom. The number of methoxy groups -OCH3 is 1. The zero-order valence-electron chi connectivity index (χ0n) is 10.8. The lowest BCUT2D eigenvalue weighted by molar-refractivity contribution is -0.132. The molecule has 1 atom stereocenters. The molecule has 1 amide bonds. The predicted molar refractivity (Wildman–Crippen MR) is 74.2 cm³/mol. The summed E-state index contributed by atoms with van der Waals surface area (Å²) in [5.74, 6) is 0.920. The van der Waals surface area contributed by atoms with Crippen LogP contribution in [0.2, 0.25) is 0 Å². The number of thiol groups is 1. The lowest BCUT2D eigenvalue weighted by atomic mass is 9.95. The number of carbonyl (C=O) groups is 1. The monoisotopic (exact) mass is 265 g/mol. The fraction of sp³-hybridized carbons (Fsp3) is 0.500. The first kappa shape index (κ1) is 13.3. The van der Waals surface area contributed by atoms with Crippen LogP contribution in [-0.4, -0.2) is 24.5 Å². The number of benzene rings is 1. The van der Waals surface area contributed by atoms with Gasteiger partial charge < -0.3 is 9.64 Å². The standard InChI is InChI=1S/C14H19NO2S/c1-10(16)15-8-4-3-5-12(15)11-6-7-13(17-2)14(18)9-11/h6-7,9,12,18H,3-5,8H2,1-2H3. The molecule has 18 heavy (non-hydrogen) atoms. The molecule has 1 fully saturated rings. The van der Waals surface area contributed by atoms with Crippen molar-refractivity contribution in [3.8, 4) is 5.75 Å². The smallest absolute Gasteiger partial charge is 0.219 e. The Morgan fingerprint density at radius 3 is 2.83 bits per heavy atom. The summed E-state index contributed by atoms with van der Waals surface area (Å²) in [5.41, 5.74) is 1.15. The van der Waals surface area contributed by atoms with Crippen LogP contribution in [0.5, 0.6) is 5.75 Å². The van der Waals surface area contributed by atoms with Gasteiger partial charge in [-0.15, -0.1) is 12.6 Å². The second-order valence-corrected chi connectivity index (χ2v) is 5.14. The first-order valence-corrected chi connectivity index (χ1v) is 6.72. The quantitative estimate of drug-likeness (QED) is 0.833. The molecule has 1 aliphatic rings. The van der Waals surface area contributed by atoms with Crippen LogP contribution in [0.4, 0.5) is 0 Å². The van der Waals surface area contributed by atoms with Crippen molar-refractivity contribution in [2.45, 2.75) is 37.1 Å². The van der Waals surface area contributed by atoms with E-state index < -0.39 is 0 Å². The largest absolute Gasteiger partial charge is 0.496 e. The molecule has 0 N–H and O–H groups in total. The van der Waals surface area contributed by atoms with E-state index in [1.165, 1.54) is 6.42 Å². The second kappa shape index (κ2) is 5.65. The average Bonchev–Trinajstić information content (AvgIpc) is 2.38. The van der Waals surface area contributed by atoms with Crippen LogP contribution in [0.15, 0.2) is 23.1 Å². The zero-order valence-corrected chi connectivity index (χ0v) is 11.7. The summed E-state index contributed by atoms with van der Waals surface area (Å²) in [6.07, 6.45) is 3.29. The highest BCUT2D eigenvalue weighted by Crippen LogP contribution is 2.34. The SMILES string of the molecule is COc1ccc(C2CCCCN2C(C)=O)cc1S. The number of hydrogen-bond donors (Lipinski definition) is 1. The molecule has 0 aromatic heterocycles. The van der Waals surface area contributed by atoms with Gasteiger partial charge in [0.25, 0.3) is 0 Å². The molecular formula is C14H19NO2S. The lowest BCUT2D eigenvalue weighted by Crippen LogP contribution is -2.36.